The number of benzene rings is 1. The van der Waals surface area contributed by atoms with Crippen molar-refractivity contribution in [1.29, 1.82) is 0 Å². The third-order valence-corrected chi connectivity index (χ3v) is 5.98. The van der Waals surface area contributed by atoms with Crippen LogP contribution in [0, 0.1) is 20.8 Å². The zero-order valence-electron chi connectivity index (χ0n) is 17.8. The molecule has 1 unspecified atom stereocenters. The Morgan fingerprint density at radius 1 is 1.28 bits per heavy atom. The molecule has 0 saturated carbocycles. The molecule has 3 aromatic rings. The summed E-state index contributed by atoms with van der Waals surface area (Å²) in [7, 11) is 0. The summed E-state index contributed by atoms with van der Waals surface area (Å²) < 4.78 is 13.9. The lowest BCUT2D eigenvalue weighted by Crippen LogP contribution is -2.21. The molecule has 0 spiro atoms. The van der Waals surface area contributed by atoms with E-state index in [9.17, 15) is 4.79 Å². The number of nitrogens with zero attached hydrogens (tertiary/aromatic N) is 2. The highest BCUT2D eigenvalue weighted by atomic mass is 16.5. The average molecular weight is 392 g/mol. The lowest BCUT2D eigenvalue weighted by atomic mass is 9.89. The number of aromatic nitrogens is 2. The second kappa shape index (κ2) is 7.54. The van der Waals surface area contributed by atoms with E-state index in [4.69, 9.17) is 14.5 Å². The van der Waals surface area contributed by atoms with Gasteiger partial charge in [-0.2, -0.15) is 0 Å². The van der Waals surface area contributed by atoms with Gasteiger partial charge in [0.25, 0.3) is 0 Å². The average Bonchev–Trinajstić information content (AvgIpc) is 3.01. The van der Waals surface area contributed by atoms with Gasteiger partial charge < -0.3 is 13.9 Å². The van der Waals surface area contributed by atoms with Crippen LogP contribution >= 0.6 is 0 Å². The van der Waals surface area contributed by atoms with E-state index in [1.807, 2.05) is 31.4 Å². The number of ether oxygens (including phenoxy) is 2. The van der Waals surface area contributed by atoms with E-state index in [2.05, 4.69) is 32.0 Å². The Balaban J connectivity index is 1.89. The molecular weight excluding hydrogens is 364 g/mol. The van der Waals surface area contributed by atoms with Crippen LogP contribution in [0.5, 0.6) is 5.75 Å². The molecule has 0 amide bonds. The molecule has 1 aliphatic heterocycles. The number of rotatable bonds is 4. The van der Waals surface area contributed by atoms with Crippen LogP contribution in [-0.4, -0.2) is 22.0 Å². The summed E-state index contributed by atoms with van der Waals surface area (Å²) in [6, 6.07) is 6.42. The van der Waals surface area contributed by atoms with E-state index in [0.717, 1.165) is 41.9 Å². The molecule has 0 saturated heterocycles. The number of carbonyl (C=O) groups excluding carboxylic acids is 1. The first-order valence-corrected chi connectivity index (χ1v) is 10.4. The number of imidazole rings is 1. The standard InChI is InChI=1S/C24H28N2O3/c1-6-17-10-8-9-14(3)21(17)20-12-11-18-19(24(27)28-7-2)13-26-16(5)15(4)25-23(26)22(18)29-20/h8-10,13,20H,6-7,11-12H2,1-5H3. The number of hydrogen-bond acceptors (Lipinski definition) is 4. The molecular formula is C24H28N2O3. The van der Waals surface area contributed by atoms with E-state index >= 15 is 0 Å². The smallest absolute Gasteiger partial charge is 0.340 e. The summed E-state index contributed by atoms with van der Waals surface area (Å²) in [5.41, 5.74) is 8.02. The predicted molar refractivity (Wildman–Crippen MR) is 113 cm³/mol. The first kappa shape index (κ1) is 19.5. The van der Waals surface area contributed by atoms with Crippen molar-refractivity contribution < 1.29 is 14.3 Å². The predicted octanol–water partition coefficient (Wildman–Crippen LogP) is 5.06. The fourth-order valence-electron chi connectivity index (χ4n) is 4.36. The van der Waals surface area contributed by atoms with Gasteiger partial charge in [-0.1, -0.05) is 25.1 Å². The maximum Gasteiger partial charge on any atom is 0.340 e. The van der Waals surface area contributed by atoms with Crippen LogP contribution in [0.1, 0.15) is 70.4 Å². The van der Waals surface area contributed by atoms with Crippen molar-refractivity contribution in [2.24, 2.45) is 0 Å². The Morgan fingerprint density at radius 2 is 2.07 bits per heavy atom. The minimum atomic E-state index is -0.302. The molecule has 1 aliphatic rings. The molecule has 4 rings (SSSR count). The van der Waals surface area contributed by atoms with Gasteiger partial charge in [-0.3, -0.25) is 0 Å². The lowest BCUT2D eigenvalue weighted by Gasteiger charge is -2.30. The molecule has 0 N–H and O–H groups in total. The monoisotopic (exact) mass is 392 g/mol. The first-order valence-electron chi connectivity index (χ1n) is 10.4. The Labute approximate surface area is 171 Å². The van der Waals surface area contributed by atoms with Crippen molar-refractivity contribution in [3.05, 3.63) is 63.6 Å². The van der Waals surface area contributed by atoms with E-state index in [1.54, 1.807) is 0 Å². The summed E-state index contributed by atoms with van der Waals surface area (Å²) in [4.78, 5) is 17.4. The SMILES string of the molecule is CCOC(=O)c1cn2c(C)c(C)nc2c2c1CCC(c1c(C)cccc1CC)O2. The minimum Gasteiger partial charge on any atom is -0.481 e. The van der Waals surface area contributed by atoms with Gasteiger partial charge in [0.15, 0.2) is 11.4 Å². The third kappa shape index (κ3) is 3.18. The van der Waals surface area contributed by atoms with Gasteiger partial charge in [0, 0.05) is 17.5 Å². The Bertz CT molecular complexity index is 1100. The molecule has 29 heavy (non-hydrogen) atoms. The second-order valence-corrected chi connectivity index (χ2v) is 7.69. The summed E-state index contributed by atoms with van der Waals surface area (Å²) in [5.74, 6) is 0.414. The van der Waals surface area contributed by atoms with Crippen molar-refractivity contribution in [3.8, 4) is 5.75 Å². The highest BCUT2D eigenvalue weighted by molar-refractivity contribution is 5.93. The maximum absolute atomic E-state index is 12.7. The Hall–Kier alpha value is -2.82. The van der Waals surface area contributed by atoms with Crippen molar-refractivity contribution in [1.82, 2.24) is 9.38 Å². The molecule has 0 fully saturated rings. The van der Waals surface area contributed by atoms with Crippen LogP contribution in [0.2, 0.25) is 0 Å². The second-order valence-electron chi connectivity index (χ2n) is 7.69. The summed E-state index contributed by atoms with van der Waals surface area (Å²) >= 11 is 0. The number of aryl methyl sites for hydroxylation is 4. The largest absolute Gasteiger partial charge is 0.481 e. The summed E-state index contributed by atoms with van der Waals surface area (Å²) in [5, 5.41) is 0. The van der Waals surface area contributed by atoms with Gasteiger partial charge in [-0.15, -0.1) is 0 Å². The Kier molecular flexibility index (Phi) is 5.07. The van der Waals surface area contributed by atoms with Gasteiger partial charge >= 0.3 is 5.97 Å². The fraction of sp³-hybridized carbons (Fsp3) is 0.417. The van der Waals surface area contributed by atoms with Gasteiger partial charge in [-0.25, -0.2) is 9.78 Å². The molecule has 5 nitrogen and oxygen atoms in total. The number of fused-ring (bicyclic) bond motifs is 3. The molecule has 2 aromatic heterocycles. The maximum atomic E-state index is 12.7. The van der Waals surface area contributed by atoms with Crippen molar-refractivity contribution >= 4 is 11.6 Å². The number of pyridine rings is 1. The topological polar surface area (TPSA) is 52.8 Å². The molecule has 1 atom stereocenters. The number of esters is 1. The van der Waals surface area contributed by atoms with E-state index in [1.165, 1.54) is 16.7 Å². The summed E-state index contributed by atoms with van der Waals surface area (Å²) in [6.45, 7) is 10.5. The molecule has 0 bridgehead atoms. The molecule has 0 radical (unpaired) electrons. The van der Waals surface area contributed by atoms with Crippen LogP contribution in [0.3, 0.4) is 0 Å². The number of hydrogen-bond donors (Lipinski definition) is 0. The van der Waals surface area contributed by atoms with Crippen molar-refractivity contribution in [3.63, 3.8) is 0 Å². The first-order chi connectivity index (χ1) is 14.0. The minimum absolute atomic E-state index is 0.0443. The molecule has 152 valence electrons. The highest BCUT2D eigenvalue weighted by Crippen LogP contribution is 2.41. The van der Waals surface area contributed by atoms with Gasteiger partial charge in [0.05, 0.1) is 17.9 Å². The van der Waals surface area contributed by atoms with E-state index in [-0.39, 0.29) is 12.1 Å². The highest BCUT2D eigenvalue weighted by Gasteiger charge is 2.31. The Morgan fingerprint density at radius 3 is 2.79 bits per heavy atom. The van der Waals surface area contributed by atoms with Gasteiger partial charge in [0.1, 0.15) is 6.10 Å². The third-order valence-electron chi connectivity index (χ3n) is 5.98. The lowest BCUT2D eigenvalue weighted by molar-refractivity contribution is 0.0521. The molecule has 3 heterocycles. The molecule has 5 heteroatoms. The van der Waals surface area contributed by atoms with Crippen LogP contribution in [-0.2, 0) is 17.6 Å². The van der Waals surface area contributed by atoms with E-state index in [0.29, 0.717) is 17.9 Å². The van der Waals surface area contributed by atoms with Crippen molar-refractivity contribution in [2.75, 3.05) is 6.61 Å². The van der Waals surface area contributed by atoms with Crippen LogP contribution in [0.15, 0.2) is 24.4 Å². The number of carbonyl (C=O) groups is 1. The fourth-order valence-corrected chi connectivity index (χ4v) is 4.36. The molecule has 0 aliphatic carbocycles. The summed E-state index contributed by atoms with van der Waals surface area (Å²) in [6.07, 6.45) is 4.36. The van der Waals surface area contributed by atoms with Crippen LogP contribution in [0.25, 0.3) is 5.65 Å². The normalized spacial score (nSPS) is 15.8. The van der Waals surface area contributed by atoms with Crippen LogP contribution in [0.4, 0.5) is 0 Å². The zero-order chi connectivity index (χ0) is 20.7. The molecule has 1 aromatic carbocycles. The van der Waals surface area contributed by atoms with Gasteiger partial charge in [-0.05, 0) is 63.6 Å². The quantitative estimate of drug-likeness (QED) is 0.582. The van der Waals surface area contributed by atoms with E-state index < -0.39 is 0 Å². The van der Waals surface area contributed by atoms with Crippen molar-refractivity contribution in [2.45, 2.75) is 60.0 Å². The zero-order valence-corrected chi connectivity index (χ0v) is 17.8. The van der Waals surface area contributed by atoms with Crippen LogP contribution < -0.4 is 4.74 Å². The van der Waals surface area contributed by atoms with Gasteiger partial charge in [0.2, 0.25) is 0 Å².